The van der Waals surface area contributed by atoms with Crippen LogP contribution in [0.2, 0.25) is 0 Å². The van der Waals surface area contributed by atoms with E-state index in [9.17, 15) is 4.79 Å². The number of rotatable bonds is 3. The smallest absolute Gasteiger partial charge is 0.251 e. The summed E-state index contributed by atoms with van der Waals surface area (Å²) in [7, 11) is 0. The van der Waals surface area contributed by atoms with Gasteiger partial charge in [-0.1, -0.05) is 0 Å². The molecule has 0 spiro atoms. The Morgan fingerprint density at radius 3 is 2.53 bits per heavy atom. The van der Waals surface area contributed by atoms with Crippen LogP contribution in [0.3, 0.4) is 0 Å². The second-order valence-electron chi connectivity index (χ2n) is 4.78. The average molecular weight is 300 g/mol. The molecule has 3 nitrogen and oxygen atoms in total. The molecular formula is C13H18BrNO2. The minimum atomic E-state index is -0.234. The average Bonchev–Trinajstić information content (AvgIpc) is 2.18. The van der Waals surface area contributed by atoms with E-state index in [2.05, 4.69) is 21.2 Å². The Hall–Kier alpha value is -1.03. The Kier molecular flexibility index (Phi) is 4.57. The van der Waals surface area contributed by atoms with Crippen LogP contribution in [0.4, 0.5) is 0 Å². The van der Waals surface area contributed by atoms with Gasteiger partial charge in [0.1, 0.15) is 5.75 Å². The van der Waals surface area contributed by atoms with Crippen LogP contribution < -0.4 is 10.1 Å². The van der Waals surface area contributed by atoms with E-state index in [0.29, 0.717) is 12.2 Å². The molecule has 0 unspecified atom stereocenters. The van der Waals surface area contributed by atoms with Gasteiger partial charge in [0.2, 0.25) is 0 Å². The van der Waals surface area contributed by atoms with Gasteiger partial charge >= 0.3 is 0 Å². The van der Waals surface area contributed by atoms with Gasteiger partial charge in [0.15, 0.2) is 0 Å². The molecule has 0 aliphatic heterocycles. The molecule has 0 saturated heterocycles. The summed E-state index contributed by atoms with van der Waals surface area (Å²) >= 11 is 3.39. The van der Waals surface area contributed by atoms with Crippen molar-refractivity contribution in [1.29, 1.82) is 0 Å². The molecule has 0 saturated carbocycles. The van der Waals surface area contributed by atoms with Gasteiger partial charge in [-0.3, -0.25) is 4.79 Å². The topological polar surface area (TPSA) is 38.3 Å². The Morgan fingerprint density at radius 1 is 1.41 bits per heavy atom. The van der Waals surface area contributed by atoms with Crippen LogP contribution >= 0.6 is 15.9 Å². The van der Waals surface area contributed by atoms with Crippen molar-refractivity contribution < 1.29 is 9.53 Å². The largest absolute Gasteiger partial charge is 0.493 e. The predicted octanol–water partition coefficient (Wildman–Crippen LogP) is 3.38. The molecule has 0 aliphatic rings. The van der Waals surface area contributed by atoms with Gasteiger partial charge in [-0.25, -0.2) is 0 Å². The number of benzene rings is 1. The first-order chi connectivity index (χ1) is 7.83. The van der Waals surface area contributed by atoms with Gasteiger partial charge in [-0.15, -0.1) is 0 Å². The third-order valence-electron chi connectivity index (χ3n) is 1.98. The predicted molar refractivity (Wildman–Crippen MR) is 72.5 cm³/mol. The van der Waals surface area contributed by atoms with Gasteiger partial charge in [-0.2, -0.15) is 0 Å². The molecule has 1 N–H and O–H groups in total. The minimum Gasteiger partial charge on any atom is -0.493 e. The van der Waals surface area contributed by atoms with Crippen molar-refractivity contribution in [1.82, 2.24) is 5.32 Å². The monoisotopic (exact) mass is 299 g/mol. The second kappa shape index (κ2) is 5.54. The van der Waals surface area contributed by atoms with Crippen LogP contribution in [-0.2, 0) is 0 Å². The van der Waals surface area contributed by atoms with Gasteiger partial charge in [0, 0.05) is 11.1 Å². The van der Waals surface area contributed by atoms with E-state index in [4.69, 9.17) is 4.74 Å². The molecule has 0 aliphatic carbocycles. The third kappa shape index (κ3) is 4.38. The van der Waals surface area contributed by atoms with Crippen LogP contribution in [0.1, 0.15) is 38.1 Å². The first-order valence-corrected chi connectivity index (χ1v) is 6.37. The van der Waals surface area contributed by atoms with E-state index in [0.717, 1.165) is 10.2 Å². The molecule has 0 radical (unpaired) electrons. The number of hydrogen-bond acceptors (Lipinski definition) is 2. The maximum atomic E-state index is 11.9. The van der Waals surface area contributed by atoms with E-state index in [-0.39, 0.29) is 11.4 Å². The highest BCUT2D eigenvalue weighted by Crippen LogP contribution is 2.26. The van der Waals surface area contributed by atoms with Crippen molar-refractivity contribution in [2.45, 2.75) is 33.2 Å². The zero-order chi connectivity index (χ0) is 13.1. The Balaban J connectivity index is 2.86. The Labute approximate surface area is 111 Å². The van der Waals surface area contributed by atoms with Crippen molar-refractivity contribution in [2.75, 3.05) is 6.61 Å². The molecule has 1 rings (SSSR count). The number of nitrogens with one attached hydrogen (secondary N) is 1. The molecule has 1 aromatic rings. The second-order valence-corrected chi connectivity index (χ2v) is 5.64. The molecule has 0 heterocycles. The molecule has 1 aromatic carbocycles. The highest BCUT2D eigenvalue weighted by Gasteiger charge is 2.16. The van der Waals surface area contributed by atoms with Crippen LogP contribution in [0.5, 0.6) is 5.75 Å². The summed E-state index contributed by atoms with van der Waals surface area (Å²) in [5.74, 6) is 0.668. The van der Waals surface area contributed by atoms with Crippen LogP contribution in [-0.4, -0.2) is 18.1 Å². The molecule has 0 bridgehead atoms. The molecule has 1 amide bonds. The van der Waals surface area contributed by atoms with Gasteiger partial charge in [0.25, 0.3) is 5.91 Å². The number of halogens is 1. The zero-order valence-electron chi connectivity index (χ0n) is 10.6. The number of hydrogen-bond donors (Lipinski definition) is 1. The number of carbonyl (C=O) groups is 1. The lowest BCUT2D eigenvalue weighted by atomic mass is 10.1. The molecule has 4 heteroatoms. The Bertz CT molecular complexity index is 410. The highest BCUT2D eigenvalue weighted by molar-refractivity contribution is 9.10. The lowest BCUT2D eigenvalue weighted by Gasteiger charge is -2.20. The fraction of sp³-hybridized carbons (Fsp3) is 0.462. The summed E-state index contributed by atoms with van der Waals surface area (Å²) in [6.07, 6.45) is 0. The summed E-state index contributed by atoms with van der Waals surface area (Å²) in [4.78, 5) is 11.9. The summed E-state index contributed by atoms with van der Waals surface area (Å²) in [6, 6.07) is 5.33. The molecule has 0 aromatic heterocycles. The summed E-state index contributed by atoms with van der Waals surface area (Å²) in [5, 5.41) is 2.91. The van der Waals surface area contributed by atoms with E-state index in [1.54, 1.807) is 18.2 Å². The van der Waals surface area contributed by atoms with Gasteiger partial charge < -0.3 is 10.1 Å². The van der Waals surface area contributed by atoms with E-state index in [1.165, 1.54) is 0 Å². The lowest BCUT2D eigenvalue weighted by Crippen LogP contribution is -2.40. The van der Waals surface area contributed by atoms with Crippen molar-refractivity contribution in [2.24, 2.45) is 0 Å². The molecular weight excluding hydrogens is 282 g/mol. The molecule has 0 atom stereocenters. The SMILES string of the molecule is CCOc1ccc(C(=O)NC(C)(C)C)cc1Br. The first kappa shape index (κ1) is 14.0. The lowest BCUT2D eigenvalue weighted by molar-refractivity contribution is 0.0919. The fourth-order valence-corrected chi connectivity index (χ4v) is 1.82. The number of amides is 1. The zero-order valence-corrected chi connectivity index (χ0v) is 12.2. The number of carbonyl (C=O) groups excluding carboxylic acids is 1. The van der Waals surface area contributed by atoms with Crippen molar-refractivity contribution in [3.63, 3.8) is 0 Å². The van der Waals surface area contributed by atoms with Crippen molar-refractivity contribution in [3.8, 4) is 5.75 Å². The standard InChI is InChI=1S/C13H18BrNO2/c1-5-17-11-7-6-9(8-10(11)14)12(16)15-13(2,3)4/h6-8H,5H2,1-4H3,(H,15,16). The van der Waals surface area contributed by atoms with Crippen LogP contribution in [0, 0.1) is 0 Å². The van der Waals surface area contributed by atoms with E-state index >= 15 is 0 Å². The van der Waals surface area contributed by atoms with E-state index < -0.39 is 0 Å². The fourth-order valence-electron chi connectivity index (χ4n) is 1.33. The van der Waals surface area contributed by atoms with Crippen LogP contribution in [0.15, 0.2) is 22.7 Å². The normalized spacial score (nSPS) is 11.1. The first-order valence-electron chi connectivity index (χ1n) is 5.58. The van der Waals surface area contributed by atoms with E-state index in [1.807, 2.05) is 27.7 Å². The summed E-state index contributed by atoms with van der Waals surface area (Å²) < 4.78 is 6.19. The van der Waals surface area contributed by atoms with Crippen LogP contribution in [0.25, 0.3) is 0 Å². The molecule has 94 valence electrons. The Morgan fingerprint density at radius 2 is 2.06 bits per heavy atom. The maximum absolute atomic E-state index is 11.9. The molecule has 17 heavy (non-hydrogen) atoms. The van der Waals surface area contributed by atoms with Crippen molar-refractivity contribution in [3.05, 3.63) is 28.2 Å². The van der Waals surface area contributed by atoms with Gasteiger partial charge in [0.05, 0.1) is 11.1 Å². The number of ether oxygens (including phenoxy) is 1. The summed E-state index contributed by atoms with van der Waals surface area (Å²) in [6.45, 7) is 8.39. The quantitative estimate of drug-likeness (QED) is 0.929. The maximum Gasteiger partial charge on any atom is 0.251 e. The highest BCUT2D eigenvalue weighted by atomic mass is 79.9. The summed E-state index contributed by atoms with van der Waals surface area (Å²) in [5.41, 5.74) is 0.387. The minimum absolute atomic E-state index is 0.0822. The van der Waals surface area contributed by atoms with Crippen molar-refractivity contribution >= 4 is 21.8 Å². The third-order valence-corrected chi connectivity index (χ3v) is 2.60. The molecule has 0 fully saturated rings. The van der Waals surface area contributed by atoms with Gasteiger partial charge in [-0.05, 0) is 61.8 Å².